The number of benzene rings is 1. The molecule has 0 spiro atoms. The van der Waals surface area contributed by atoms with Crippen molar-refractivity contribution in [2.75, 3.05) is 6.54 Å². The highest BCUT2D eigenvalue weighted by Crippen LogP contribution is 2.09. The molecule has 1 aromatic rings. The molecule has 0 amide bonds. The highest BCUT2D eigenvalue weighted by Gasteiger charge is 2.03. The Morgan fingerprint density at radius 1 is 1.36 bits per heavy atom. The van der Waals surface area contributed by atoms with E-state index in [1.54, 1.807) is 0 Å². The summed E-state index contributed by atoms with van der Waals surface area (Å²) in [5.41, 5.74) is 3.30. The Labute approximate surface area is 65.8 Å². The van der Waals surface area contributed by atoms with Gasteiger partial charge in [-0.2, -0.15) is 0 Å². The summed E-state index contributed by atoms with van der Waals surface area (Å²) < 4.78 is 0. The van der Waals surface area contributed by atoms with Crippen molar-refractivity contribution in [3.63, 3.8) is 0 Å². The Balaban J connectivity index is 2.61. The quantitative estimate of drug-likeness (QED) is 0.428. The minimum atomic E-state index is -0.513. The van der Waals surface area contributed by atoms with Gasteiger partial charge in [-0.3, -0.25) is 11.3 Å². The maximum Gasteiger partial charge on any atom is 0.0928 e. The molecular weight excluding hydrogens is 140 g/mol. The molecule has 4 N–H and O–H groups in total. The van der Waals surface area contributed by atoms with E-state index in [4.69, 9.17) is 5.84 Å². The van der Waals surface area contributed by atoms with Gasteiger partial charge < -0.3 is 5.11 Å². The zero-order chi connectivity index (χ0) is 8.10. The number of aliphatic hydroxyl groups excluding tert-OH is 1. The Hall–Kier alpha value is -0.900. The highest BCUT2D eigenvalue weighted by molar-refractivity contribution is 5.17. The molecule has 0 radical (unpaired) electrons. The summed E-state index contributed by atoms with van der Waals surface area (Å²) >= 11 is 0. The fourth-order valence-electron chi connectivity index (χ4n) is 0.905. The van der Waals surface area contributed by atoms with Crippen LogP contribution in [0.2, 0.25) is 0 Å². The second kappa shape index (κ2) is 4.08. The molecule has 3 nitrogen and oxygen atoms in total. The number of nitrogens with two attached hydrogens (primary N) is 1. The van der Waals surface area contributed by atoms with E-state index in [1.807, 2.05) is 30.3 Å². The Morgan fingerprint density at radius 3 is 2.55 bits per heavy atom. The van der Waals surface area contributed by atoms with Crippen molar-refractivity contribution in [2.45, 2.75) is 6.10 Å². The first-order valence-corrected chi connectivity index (χ1v) is 3.51. The van der Waals surface area contributed by atoms with Gasteiger partial charge >= 0.3 is 0 Å². The summed E-state index contributed by atoms with van der Waals surface area (Å²) in [4.78, 5) is 0. The van der Waals surface area contributed by atoms with Crippen LogP contribution in [0.5, 0.6) is 0 Å². The van der Waals surface area contributed by atoms with E-state index in [1.165, 1.54) is 0 Å². The van der Waals surface area contributed by atoms with E-state index < -0.39 is 6.10 Å². The normalized spacial score (nSPS) is 12.9. The average molecular weight is 152 g/mol. The molecule has 0 aromatic heterocycles. The average Bonchev–Trinajstić information content (AvgIpc) is 2.07. The fourth-order valence-corrected chi connectivity index (χ4v) is 0.905. The number of hydrogen-bond donors (Lipinski definition) is 3. The SMILES string of the molecule is NNC[C@@H](O)c1ccccc1. The monoisotopic (exact) mass is 152 g/mol. The van der Waals surface area contributed by atoms with Gasteiger partial charge in [-0.1, -0.05) is 30.3 Å². The molecule has 0 unspecified atom stereocenters. The fraction of sp³-hybridized carbons (Fsp3) is 0.250. The molecule has 0 saturated carbocycles. The van der Waals surface area contributed by atoms with Gasteiger partial charge in [0, 0.05) is 6.54 Å². The van der Waals surface area contributed by atoms with E-state index in [9.17, 15) is 5.11 Å². The van der Waals surface area contributed by atoms with Crippen molar-refractivity contribution in [2.24, 2.45) is 5.84 Å². The highest BCUT2D eigenvalue weighted by atomic mass is 16.3. The first kappa shape index (κ1) is 8.20. The second-order valence-electron chi connectivity index (χ2n) is 2.33. The van der Waals surface area contributed by atoms with Gasteiger partial charge in [0.25, 0.3) is 0 Å². The van der Waals surface area contributed by atoms with Crippen molar-refractivity contribution in [1.82, 2.24) is 5.43 Å². The first-order chi connectivity index (χ1) is 5.34. The molecule has 0 saturated heterocycles. The molecular formula is C8H12N2O. The largest absolute Gasteiger partial charge is 0.387 e. The van der Waals surface area contributed by atoms with Crippen LogP contribution in [0.3, 0.4) is 0 Å². The molecule has 11 heavy (non-hydrogen) atoms. The van der Waals surface area contributed by atoms with E-state index in [2.05, 4.69) is 5.43 Å². The molecule has 0 aliphatic rings. The molecule has 0 heterocycles. The van der Waals surface area contributed by atoms with Crippen LogP contribution >= 0.6 is 0 Å². The summed E-state index contributed by atoms with van der Waals surface area (Å²) in [7, 11) is 0. The molecule has 3 heteroatoms. The molecule has 1 atom stereocenters. The summed E-state index contributed by atoms with van der Waals surface area (Å²) in [6, 6.07) is 9.40. The Morgan fingerprint density at radius 2 is 2.00 bits per heavy atom. The van der Waals surface area contributed by atoms with E-state index >= 15 is 0 Å². The van der Waals surface area contributed by atoms with Gasteiger partial charge in [0.1, 0.15) is 0 Å². The molecule has 0 aliphatic carbocycles. The molecule has 60 valence electrons. The lowest BCUT2D eigenvalue weighted by Gasteiger charge is -2.08. The minimum absolute atomic E-state index is 0.379. The first-order valence-electron chi connectivity index (χ1n) is 3.51. The molecule has 0 fully saturated rings. The lowest BCUT2D eigenvalue weighted by atomic mass is 10.1. The van der Waals surface area contributed by atoms with Gasteiger partial charge in [0.2, 0.25) is 0 Å². The van der Waals surface area contributed by atoms with Gasteiger partial charge in [-0.25, -0.2) is 0 Å². The van der Waals surface area contributed by atoms with Crippen molar-refractivity contribution in [3.8, 4) is 0 Å². The third kappa shape index (κ3) is 2.31. The smallest absolute Gasteiger partial charge is 0.0928 e. The van der Waals surface area contributed by atoms with Gasteiger partial charge in [0.15, 0.2) is 0 Å². The topological polar surface area (TPSA) is 58.3 Å². The molecule has 1 rings (SSSR count). The molecule has 1 aromatic carbocycles. The zero-order valence-corrected chi connectivity index (χ0v) is 6.20. The summed E-state index contributed by atoms with van der Waals surface area (Å²) in [6.07, 6.45) is -0.513. The number of hydrazine groups is 1. The molecule has 0 bridgehead atoms. The van der Waals surface area contributed by atoms with Crippen LogP contribution in [0.1, 0.15) is 11.7 Å². The predicted molar refractivity (Wildman–Crippen MR) is 43.6 cm³/mol. The summed E-state index contributed by atoms with van der Waals surface area (Å²) in [6.45, 7) is 0.379. The van der Waals surface area contributed by atoms with Crippen LogP contribution in [0.4, 0.5) is 0 Å². The van der Waals surface area contributed by atoms with Crippen molar-refractivity contribution in [1.29, 1.82) is 0 Å². The van der Waals surface area contributed by atoms with E-state index in [0.717, 1.165) is 5.56 Å². The summed E-state index contributed by atoms with van der Waals surface area (Å²) in [5.74, 6) is 5.06. The number of hydrogen-bond acceptors (Lipinski definition) is 3. The van der Waals surface area contributed by atoms with E-state index in [0.29, 0.717) is 6.54 Å². The number of nitrogens with one attached hydrogen (secondary N) is 1. The van der Waals surface area contributed by atoms with Crippen LogP contribution in [-0.2, 0) is 0 Å². The van der Waals surface area contributed by atoms with Gasteiger partial charge in [0.05, 0.1) is 6.10 Å². The van der Waals surface area contributed by atoms with Gasteiger partial charge in [-0.15, -0.1) is 0 Å². The maximum atomic E-state index is 9.38. The Kier molecular flexibility index (Phi) is 3.04. The van der Waals surface area contributed by atoms with E-state index in [-0.39, 0.29) is 0 Å². The standard InChI is InChI=1S/C8H12N2O/c9-10-6-8(11)7-4-2-1-3-5-7/h1-5,8,10-11H,6,9H2/t8-/m1/s1. The minimum Gasteiger partial charge on any atom is -0.387 e. The molecule has 0 aliphatic heterocycles. The lowest BCUT2D eigenvalue weighted by molar-refractivity contribution is 0.175. The Bertz CT molecular complexity index is 201. The van der Waals surface area contributed by atoms with Crippen LogP contribution in [0, 0.1) is 0 Å². The van der Waals surface area contributed by atoms with Crippen molar-refractivity contribution < 1.29 is 5.11 Å². The maximum absolute atomic E-state index is 9.38. The number of aliphatic hydroxyl groups is 1. The zero-order valence-electron chi connectivity index (χ0n) is 6.20. The van der Waals surface area contributed by atoms with Crippen LogP contribution in [-0.4, -0.2) is 11.7 Å². The summed E-state index contributed by atoms with van der Waals surface area (Å²) in [5, 5.41) is 9.38. The second-order valence-corrected chi connectivity index (χ2v) is 2.33. The van der Waals surface area contributed by atoms with Crippen LogP contribution in [0.25, 0.3) is 0 Å². The van der Waals surface area contributed by atoms with Crippen molar-refractivity contribution >= 4 is 0 Å². The number of rotatable bonds is 3. The van der Waals surface area contributed by atoms with Gasteiger partial charge in [-0.05, 0) is 5.56 Å². The van der Waals surface area contributed by atoms with Crippen LogP contribution < -0.4 is 11.3 Å². The lowest BCUT2D eigenvalue weighted by Crippen LogP contribution is -2.27. The van der Waals surface area contributed by atoms with Crippen molar-refractivity contribution in [3.05, 3.63) is 35.9 Å². The third-order valence-corrected chi connectivity index (χ3v) is 1.50. The third-order valence-electron chi connectivity index (χ3n) is 1.50. The predicted octanol–water partition coefficient (Wildman–Crippen LogP) is 0.183. The van der Waals surface area contributed by atoms with Crippen LogP contribution in [0.15, 0.2) is 30.3 Å².